The second-order valence-corrected chi connectivity index (χ2v) is 4.76. The topological polar surface area (TPSA) is 20.3 Å². The van der Waals surface area contributed by atoms with Gasteiger partial charge < -0.3 is 0 Å². The molecule has 1 saturated heterocycles. The van der Waals surface area contributed by atoms with E-state index in [1.54, 1.807) is 25.1 Å². The third-order valence-electron chi connectivity index (χ3n) is 3.56. The Kier molecular flexibility index (Phi) is 3.92. The van der Waals surface area contributed by atoms with E-state index in [1.807, 2.05) is 6.07 Å². The zero-order chi connectivity index (χ0) is 13.1. The van der Waals surface area contributed by atoms with Gasteiger partial charge in [0.25, 0.3) is 0 Å². The molecule has 1 fully saturated rings. The van der Waals surface area contributed by atoms with Crippen LogP contribution >= 0.6 is 0 Å². The fourth-order valence-corrected chi connectivity index (χ4v) is 2.78. The van der Waals surface area contributed by atoms with Gasteiger partial charge in [0.05, 0.1) is 6.04 Å². The van der Waals surface area contributed by atoms with Crippen molar-refractivity contribution in [3.8, 4) is 0 Å². The van der Waals surface area contributed by atoms with E-state index in [9.17, 15) is 9.18 Å². The van der Waals surface area contributed by atoms with Crippen molar-refractivity contribution in [2.45, 2.75) is 31.8 Å². The van der Waals surface area contributed by atoms with Gasteiger partial charge in [-0.1, -0.05) is 18.2 Å². The molecule has 0 radical (unpaired) electrons. The monoisotopic (exact) mass is 247 g/mol. The number of halogens is 1. The van der Waals surface area contributed by atoms with E-state index in [-0.39, 0.29) is 23.7 Å². The summed E-state index contributed by atoms with van der Waals surface area (Å²) >= 11 is 0. The Balaban J connectivity index is 2.27. The molecule has 1 aliphatic heterocycles. The summed E-state index contributed by atoms with van der Waals surface area (Å²) in [6, 6.07) is 6.70. The van der Waals surface area contributed by atoms with Gasteiger partial charge >= 0.3 is 0 Å². The lowest BCUT2D eigenvalue weighted by atomic mass is 10.0. The average molecular weight is 247 g/mol. The van der Waals surface area contributed by atoms with E-state index in [4.69, 9.17) is 0 Å². The van der Waals surface area contributed by atoms with Crippen molar-refractivity contribution in [3.63, 3.8) is 0 Å². The van der Waals surface area contributed by atoms with Crippen LogP contribution in [0.3, 0.4) is 0 Å². The third kappa shape index (κ3) is 2.51. The SMILES string of the molecule is C=CCN1[C@@H](C(C)=O)CC[C@H]1c1cccc(F)c1. The smallest absolute Gasteiger partial charge is 0.146 e. The van der Waals surface area contributed by atoms with Gasteiger partial charge in [-0.2, -0.15) is 0 Å². The van der Waals surface area contributed by atoms with E-state index in [0.29, 0.717) is 6.54 Å². The number of nitrogens with zero attached hydrogens (tertiary/aromatic N) is 1. The molecule has 0 saturated carbocycles. The van der Waals surface area contributed by atoms with Crippen molar-refractivity contribution in [3.05, 3.63) is 48.3 Å². The number of hydrogen-bond donors (Lipinski definition) is 0. The van der Waals surface area contributed by atoms with Gasteiger partial charge in [-0.05, 0) is 37.5 Å². The molecule has 2 rings (SSSR count). The van der Waals surface area contributed by atoms with E-state index >= 15 is 0 Å². The summed E-state index contributed by atoms with van der Waals surface area (Å²) < 4.78 is 13.3. The van der Waals surface area contributed by atoms with Gasteiger partial charge in [0.15, 0.2) is 0 Å². The fourth-order valence-electron chi connectivity index (χ4n) is 2.78. The molecule has 0 aromatic heterocycles. The third-order valence-corrected chi connectivity index (χ3v) is 3.56. The molecule has 2 nitrogen and oxygen atoms in total. The van der Waals surface area contributed by atoms with Gasteiger partial charge in [-0.15, -0.1) is 6.58 Å². The molecule has 1 aromatic rings. The molecule has 1 aliphatic rings. The van der Waals surface area contributed by atoms with Crippen LogP contribution in [0.25, 0.3) is 0 Å². The van der Waals surface area contributed by atoms with Crippen molar-refractivity contribution in [1.29, 1.82) is 0 Å². The zero-order valence-electron chi connectivity index (χ0n) is 10.6. The maximum atomic E-state index is 13.3. The molecule has 1 heterocycles. The second-order valence-electron chi connectivity index (χ2n) is 4.76. The van der Waals surface area contributed by atoms with Crippen LogP contribution in [0.2, 0.25) is 0 Å². The van der Waals surface area contributed by atoms with Crippen LogP contribution in [0.1, 0.15) is 31.4 Å². The molecular formula is C15H18FNO. The van der Waals surface area contributed by atoms with Gasteiger partial charge in [-0.25, -0.2) is 4.39 Å². The number of Topliss-reactive ketones (excluding diaryl/α,β-unsaturated/α-hetero) is 1. The molecule has 0 unspecified atom stereocenters. The van der Waals surface area contributed by atoms with E-state index in [2.05, 4.69) is 11.5 Å². The summed E-state index contributed by atoms with van der Waals surface area (Å²) in [5.41, 5.74) is 0.945. The lowest BCUT2D eigenvalue weighted by Gasteiger charge is -2.28. The van der Waals surface area contributed by atoms with Crippen LogP contribution in [-0.4, -0.2) is 23.3 Å². The normalized spacial score (nSPS) is 24.1. The standard InChI is InChI=1S/C15H18FNO/c1-3-9-17-14(11(2)18)7-8-15(17)12-5-4-6-13(16)10-12/h3-6,10,14-15H,1,7-9H2,2H3/t14-,15+/m1/s1. The number of carbonyl (C=O) groups is 1. The summed E-state index contributed by atoms with van der Waals surface area (Å²) in [6.45, 7) is 6.01. The number of benzene rings is 1. The average Bonchev–Trinajstić information content (AvgIpc) is 2.73. The maximum Gasteiger partial charge on any atom is 0.146 e. The molecule has 2 atom stereocenters. The maximum absolute atomic E-state index is 13.3. The first kappa shape index (κ1) is 13.0. The van der Waals surface area contributed by atoms with Crippen molar-refractivity contribution in [2.24, 2.45) is 0 Å². The highest BCUT2D eigenvalue weighted by Crippen LogP contribution is 2.36. The van der Waals surface area contributed by atoms with E-state index in [1.165, 1.54) is 6.07 Å². The predicted octanol–water partition coefficient (Wildman–Crippen LogP) is 3.11. The minimum absolute atomic E-state index is 0.0590. The Hall–Kier alpha value is -1.48. The number of ketones is 1. The lowest BCUT2D eigenvalue weighted by Crippen LogP contribution is -2.36. The number of likely N-dealkylation sites (tertiary alicyclic amines) is 1. The zero-order valence-corrected chi connectivity index (χ0v) is 10.6. The van der Waals surface area contributed by atoms with Crippen molar-refractivity contribution in [1.82, 2.24) is 4.90 Å². The molecule has 0 N–H and O–H groups in total. The highest BCUT2D eigenvalue weighted by atomic mass is 19.1. The quantitative estimate of drug-likeness (QED) is 0.762. The summed E-state index contributed by atoms with van der Waals surface area (Å²) in [6.07, 6.45) is 3.53. The van der Waals surface area contributed by atoms with Gasteiger partial charge in [0.2, 0.25) is 0 Å². The molecule has 0 aliphatic carbocycles. The first-order chi connectivity index (χ1) is 8.63. The summed E-state index contributed by atoms with van der Waals surface area (Å²) in [5.74, 6) is -0.0481. The minimum atomic E-state index is -0.225. The highest BCUT2D eigenvalue weighted by molar-refractivity contribution is 5.81. The van der Waals surface area contributed by atoms with Crippen LogP contribution < -0.4 is 0 Å². The fraction of sp³-hybridized carbons (Fsp3) is 0.400. The van der Waals surface area contributed by atoms with E-state index in [0.717, 1.165) is 18.4 Å². The van der Waals surface area contributed by atoms with E-state index < -0.39 is 0 Å². The number of hydrogen-bond acceptors (Lipinski definition) is 2. The summed E-state index contributed by atoms with van der Waals surface area (Å²) in [7, 11) is 0. The van der Waals surface area contributed by atoms with Crippen LogP contribution in [0.4, 0.5) is 4.39 Å². The summed E-state index contributed by atoms with van der Waals surface area (Å²) in [5, 5.41) is 0. The molecule has 0 spiro atoms. The van der Waals surface area contributed by atoms with Crippen LogP contribution in [0.15, 0.2) is 36.9 Å². The Morgan fingerprint density at radius 3 is 2.94 bits per heavy atom. The molecule has 1 aromatic carbocycles. The Morgan fingerprint density at radius 1 is 1.56 bits per heavy atom. The first-order valence-corrected chi connectivity index (χ1v) is 6.26. The molecular weight excluding hydrogens is 229 g/mol. The van der Waals surface area contributed by atoms with Crippen molar-refractivity contribution >= 4 is 5.78 Å². The number of rotatable bonds is 4. The van der Waals surface area contributed by atoms with Crippen molar-refractivity contribution < 1.29 is 9.18 Å². The second kappa shape index (κ2) is 5.44. The Bertz CT molecular complexity index is 458. The van der Waals surface area contributed by atoms with Crippen LogP contribution in [0.5, 0.6) is 0 Å². The largest absolute Gasteiger partial charge is 0.298 e. The number of carbonyl (C=O) groups excluding carboxylic acids is 1. The molecule has 18 heavy (non-hydrogen) atoms. The Labute approximate surface area is 107 Å². The first-order valence-electron chi connectivity index (χ1n) is 6.26. The van der Waals surface area contributed by atoms with Crippen LogP contribution in [-0.2, 0) is 4.79 Å². The van der Waals surface area contributed by atoms with Crippen LogP contribution in [0, 0.1) is 5.82 Å². The van der Waals surface area contributed by atoms with Crippen molar-refractivity contribution in [2.75, 3.05) is 6.54 Å². The minimum Gasteiger partial charge on any atom is -0.298 e. The summed E-state index contributed by atoms with van der Waals surface area (Å²) in [4.78, 5) is 13.7. The van der Waals surface area contributed by atoms with Gasteiger partial charge in [0, 0.05) is 12.6 Å². The molecule has 3 heteroatoms. The molecule has 96 valence electrons. The van der Waals surface area contributed by atoms with Gasteiger partial charge in [0.1, 0.15) is 11.6 Å². The highest BCUT2D eigenvalue weighted by Gasteiger charge is 2.35. The lowest BCUT2D eigenvalue weighted by molar-refractivity contribution is -0.121. The predicted molar refractivity (Wildman–Crippen MR) is 69.7 cm³/mol. The van der Waals surface area contributed by atoms with Gasteiger partial charge in [-0.3, -0.25) is 9.69 Å². The molecule has 0 bridgehead atoms. The molecule has 0 amide bonds. The Morgan fingerprint density at radius 2 is 2.33 bits per heavy atom.